The lowest BCUT2D eigenvalue weighted by molar-refractivity contribution is -0.122. The van der Waals surface area contributed by atoms with E-state index in [0.717, 1.165) is 5.56 Å². The van der Waals surface area contributed by atoms with Crippen LogP contribution in [0.2, 0.25) is 0 Å². The van der Waals surface area contributed by atoms with Gasteiger partial charge in [0.15, 0.2) is 0 Å². The summed E-state index contributed by atoms with van der Waals surface area (Å²) < 4.78 is 38.9. The molecule has 0 radical (unpaired) electrons. The summed E-state index contributed by atoms with van der Waals surface area (Å²) in [6.07, 6.45) is 1.72. The summed E-state index contributed by atoms with van der Waals surface area (Å²) in [5.74, 6) is 0.727. The molecule has 7 nitrogen and oxygen atoms in total. The zero-order chi connectivity index (χ0) is 21.6. The van der Waals surface area contributed by atoms with Crippen LogP contribution in [0.3, 0.4) is 0 Å². The zero-order valence-electron chi connectivity index (χ0n) is 16.8. The number of carbonyl (C=O) groups is 1. The van der Waals surface area contributed by atoms with E-state index in [4.69, 9.17) is 9.15 Å². The molecule has 1 amide bonds. The van der Waals surface area contributed by atoms with Crippen LogP contribution < -0.4 is 14.8 Å². The van der Waals surface area contributed by atoms with Crippen LogP contribution in [0.1, 0.15) is 16.9 Å². The standard InChI is InChI=1S/C22H24N2O5S/c1-16-13-19(10-11-21(16)28-2)30(26,27)24-20(14-17-7-4-3-5-8-17)22(25)23-15-18-9-6-12-29-18/h3-13,20,24H,14-15H2,1-2H3,(H,23,25)/t20-/m0/s1. The Balaban J connectivity index is 1.81. The summed E-state index contributed by atoms with van der Waals surface area (Å²) in [5, 5.41) is 2.73. The average molecular weight is 429 g/mol. The Labute approximate surface area is 176 Å². The fourth-order valence-corrected chi connectivity index (χ4v) is 4.30. The van der Waals surface area contributed by atoms with E-state index >= 15 is 0 Å². The van der Waals surface area contributed by atoms with Crippen LogP contribution in [0, 0.1) is 6.92 Å². The number of methoxy groups -OCH3 is 1. The average Bonchev–Trinajstić information content (AvgIpc) is 3.26. The Morgan fingerprint density at radius 2 is 1.87 bits per heavy atom. The van der Waals surface area contributed by atoms with Crippen molar-refractivity contribution in [1.82, 2.24) is 10.0 Å². The van der Waals surface area contributed by atoms with Crippen LogP contribution in [0.4, 0.5) is 0 Å². The summed E-state index contributed by atoms with van der Waals surface area (Å²) in [7, 11) is -2.41. The molecule has 8 heteroatoms. The van der Waals surface area contributed by atoms with Gasteiger partial charge in [0.25, 0.3) is 0 Å². The van der Waals surface area contributed by atoms with Crippen LogP contribution in [-0.4, -0.2) is 27.5 Å². The summed E-state index contributed by atoms with van der Waals surface area (Å²) >= 11 is 0. The Morgan fingerprint density at radius 1 is 1.10 bits per heavy atom. The summed E-state index contributed by atoms with van der Waals surface area (Å²) in [4.78, 5) is 12.9. The second-order valence-corrected chi connectivity index (χ2v) is 8.51. The highest BCUT2D eigenvalue weighted by Gasteiger charge is 2.26. The molecule has 0 unspecified atom stereocenters. The van der Waals surface area contributed by atoms with Gasteiger partial charge < -0.3 is 14.5 Å². The third-order valence-corrected chi connectivity index (χ3v) is 6.06. The van der Waals surface area contributed by atoms with Crippen LogP contribution >= 0.6 is 0 Å². The van der Waals surface area contributed by atoms with Crippen molar-refractivity contribution in [2.24, 2.45) is 0 Å². The minimum atomic E-state index is -3.93. The van der Waals surface area contributed by atoms with Gasteiger partial charge in [-0.1, -0.05) is 30.3 Å². The highest BCUT2D eigenvalue weighted by atomic mass is 32.2. The quantitative estimate of drug-likeness (QED) is 0.546. The number of nitrogens with one attached hydrogen (secondary N) is 2. The Morgan fingerprint density at radius 3 is 2.50 bits per heavy atom. The highest BCUT2D eigenvalue weighted by molar-refractivity contribution is 7.89. The number of sulfonamides is 1. The smallest absolute Gasteiger partial charge is 0.241 e. The molecule has 1 atom stereocenters. The molecule has 0 bridgehead atoms. The summed E-state index contributed by atoms with van der Waals surface area (Å²) in [5.41, 5.74) is 1.52. The molecule has 0 fully saturated rings. The Bertz CT molecular complexity index is 1080. The van der Waals surface area contributed by atoms with Crippen LogP contribution in [-0.2, 0) is 27.8 Å². The molecular formula is C22H24N2O5S. The van der Waals surface area contributed by atoms with Crippen molar-refractivity contribution in [3.8, 4) is 5.75 Å². The fraction of sp³-hybridized carbons (Fsp3) is 0.227. The molecule has 0 aliphatic heterocycles. The van der Waals surface area contributed by atoms with Gasteiger partial charge in [-0.15, -0.1) is 0 Å². The monoisotopic (exact) mass is 428 g/mol. The molecule has 158 valence electrons. The molecule has 1 heterocycles. The maximum absolute atomic E-state index is 13.0. The number of benzene rings is 2. The van der Waals surface area contributed by atoms with Crippen LogP contribution in [0.15, 0.2) is 76.2 Å². The van der Waals surface area contributed by atoms with Crippen LogP contribution in [0.25, 0.3) is 0 Å². The first-order valence-corrected chi connectivity index (χ1v) is 10.9. The lowest BCUT2D eigenvalue weighted by atomic mass is 10.1. The number of rotatable bonds is 9. The van der Waals surface area contributed by atoms with E-state index in [1.807, 2.05) is 30.3 Å². The van der Waals surface area contributed by atoms with Gasteiger partial charge in [0, 0.05) is 0 Å². The summed E-state index contributed by atoms with van der Waals surface area (Å²) in [6, 6.07) is 16.3. The van der Waals surface area contributed by atoms with Gasteiger partial charge in [-0.05, 0) is 54.8 Å². The van der Waals surface area contributed by atoms with Gasteiger partial charge >= 0.3 is 0 Å². The predicted octanol–water partition coefficient (Wildman–Crippen LogP) is 2.80. The number of furan rings is 1. The van der Waals surface area contributed by atoms with Crippen molar-refractivity contribution >= 4 is 15.9 Å². The highest BCUT2D eigenvalue weighted by Crippen LogP contribution is 2.21. The molecule has 0 spiro atoms. The van der Waals surface area contributed by atoms with Crippen molar-refractivity contribution < 1.29 is 22.4 Å². The van der Waals surface area contributed by atoms with Crippen molar-refractivity contribution in [3.63, 3.8) is 0 Å². The van der Waals surface area contributed by atoms with E-state index in [0.29, 0.717) is 17.1 Å². The number of carbonyl (C=O) groups excluding carboxylic acids is 1. The van der Waals surface area contributed by atoms with E-state index in [1.54, 1.807) is 25.1 Å². The van der Waals surface area contributed by atoms with Crippen molar-refractivity contribution in [3.05, 3.63) is 83.8 Å². The second-order valence-electron chi connectivity index (χ2n) is 6.79. The largest absolute Gasteiger partial charge is 0.496 e. The lowest BCUT2D eigenvalue weighted by Crippen LogP contribution is -2.47. The van der Waals surface area contributed by atoms with Gasteiger partial charge in [-0.3, -0.25) is 4.79 Å². The molecule has 1 aromatic heterocycles. The SMILES string of the molecule is COc1ccc(S(=O)(=O)N[C@@H](Cc2ccccc2)C(=O)NCc2ccco2)cc1C. The van der Waals surface area contributed by atoms with Gasteiger partial charge in [-0.2, -0.15) is 4.72 Å². The Kier molecular flexibility index (Phi) is 6.91. The van der Waals surface area contributed by atoms with Gasteiger partial charge in [0.05, 0.1) is 24.8 Å². The molecule has 0 saturated heterocycles. The van der Waals surface area contributed by atoms with Gasteiger partial charge in [0.2, 0.25) is 15.9 Å². The molecule has 3 aromatic rings. The number of amides is 1. The van der Waals surface area contributed by atoms with Gasteiger partial charge in [-0.25, -0.2) is 8.42 Å². The first-order chi connectivity index (χ1) is 14.4. The van der Waals surface area contributed by atoms with Crippen molar-refractivity contribution in [2.45, 2.75) is 30.8 Å². The maximum atomic E-state index is 13.0. The lowest BCUT2D eigenvalue weighted by Gasteiger charge is -2.19. The predicted molar refractivity (Wildman–Crippen MR) is 113 cm³/mol. The van der Waals surface area contributed by atoms with Crippen molar-refractivity contribution in [1.29, 1.82) is 0 Å². The minimum Gasteiger partial charge on any atom is -0.496 e. The van der Waals surface area contributed by atoms with E-state index in [1.165, 1.54) is 25.5 Å². The molecule has 0 aliphatic carbocycles. The molecule has 3 rings (SSSR count). The first-order valence-electron chi connectivity index (χ1n) is 9.40. The third kappa shape index (κ3) is 5.49. The second kappa shape index (κ2) is 9.60. The van der Waals surface area contributed by atoms with E-state index in [-0.39, 0.29) is 17.9 Å². The molecule has 0 aliphatic rings. The molecule has 0 saturated carbocycles. The normalized spacial score (nSPS) is 12.3. The number of ether oxygens (including phenoxy) is 1. The molecule has 2 N–H and O–H groups in total. The number of aryl methyl sites for hydroxylation is 1. The molecule has 2 aromatic carbocycles. The van der Waals surface area contributed by atoms with E-state index in [2.05, 4.69) is 10.0 Å². The first kappa shape index (κ1) is 21.6. The molecular weight excluding hydrogens is 404 g/mol. The van der Waals surface area contributed by atoms with Gasteiger partial charge in [0.1, 0.15) is 17.6 Å². The molecule has 30 heavy (non-hydrogen) atoms. The number of hydrogen-bond donors (Lipinski definition) is 2. The summed E-state index contributed by atoms with van der Waals surface area (Å²) in [6.45, 7) is 1.93. The van der Waals surface area contributed by atoms with Crippen LogP contribution in [0.5, 0.6) is 5.75 Å². The minimum absolute atomic E-state index is 0.0673. The third-order valence-electron chi connectivity index (χ3n) is 4.59. The van der Waals surface area contributed by atoms with Crippen molar-refractivity contribution in [2.75, 3.05) is 7.11 Å². The Hall–Kier alpha value is -3.10. The van der Waals surface area contributed by atoms with E-state index in [9.17, 15) is 13.2 Å². The topological polar surface area (TPSA) is 97.6 Å². The zero-order valence-corrected chi connectivity index (χ0v) is 17.6. The number of hydrogen-bond acceptors (Lipinski definition) is 5. The maximum Gasteiger partial charge on any atom is 0.241 e. The van der Waals surface area contributed by atoms with E-state index < -0.39 is 22.0 Å². The fourth-order valence-electron chi connectivity index (χ4n) is 3.02.